The minimum Gasteiger partial charge on any atom is -0.392 e. The van der Waals surface area contributed by atoms with E-state index < -0.39 is 0 Å². The van der Waals surface area contributed by atoms with Crippen LogP contribution in [0.2, 0.25) is 0 Å². The molecule has 5 heteroatoms. The van der Waals surface area contributed by atoms with E-state index in [-0.39, 0.29) is 12.1 Å². The van der Waals surface area contributed by atoms with E-state index in [0.29, 0.717) is 12.6 Å². The summed E-state index contributed by atoms with van der Waals surface area (Å²) in [5.74, 6) is 0. The monoisotopic (exact) mass is 309 g/mol. The summed E-state index contributed by atoms with van der Waals surface area (Å²) >= 11 is 0. The average Bonchev–Trinajstić information content (AvgIpc) is 2.54. The number of carbonyl (C=O) groups is 1. The second kappa shape index (κ2) is 9.16. The lowest BCUT2D eigenvalue weighted by atomic mass is 9.96. The summed E-state index contributed by atoms with van der Waals surface area (Å²) < 4.78 is 0. The van der Waals surface area contributed by atoms with Gasteiger partial charge in [0.25, 0.3) is 0 Å². The molecule has 0 bridgehead atoms. The highest BCUT2D eigenvalue weighted by Crippen LogP contribution is 2.17. The minimum atomic E-state index is -0.291. The fourth-order valence-electron chi connectivity index (χ4n) is 3.35. The van der Waals surface area contributed by atoms with Crippen LogP contribution in [0.4, 0.5) is 4.79 Å². The van der Waals surface area contributed by atoms with E-state index in [1.807, 2.05) is 11.0 Å². The lowest BCUT2D eigenvalue weighted by Crippen LogP contribution is -2.54. The molecule has 1 unspecified atom stereocenters. The van der Waals surface area contributed by atoms with Gasteiger partial charge in [0.15, 0.2) is 0 Å². The van der Waals surface area contributed by atoms with E-state index in [1.54, 1.807) is 0 Å². The molecular formula is C17H31N3O2. The number of rotatable bonds is 6. The number of hydrogen-bond acceptors (Lipinski definition) is 3. The van der Waals surface area contributed by atoms with Crippen LogP contribution < -0.4 is 5.32 Å². The maximum Gasteiger partial charge on any atom is 0.317 e. The van der Waals surface area contributed by atoms with Crippen molar-refractivity contribution in [2.45, 2.75) is 57.1 Å². The molecule has 0 aromatic rings. The van der Waals surface area contributed by atoms with Crippen LogP contribution in [0, 0.1) is 0 Å². The fourth-order valence-corrected chi connectivity index (χ4v) is 3.35. The number of aliphatic hydroxyl groups is 1. The first-order chi connectivity index (χ1) is 10.7. The normalized spacial score (nSPS) is 22.3. The van der Waals surface area contributed by atoms with Crippen molar-refractivity contribution < 1.29 is 9.90 Å². The van der Waals surface area contributed by atoms with Crippen LogP contribution in [0.3, 0.4) is 0 Å². The molecule has 1 atom stereocenters. The second-order valence-corrected chi connectivity index (χ2v) is 6.59. The fraction of sp³-hybridized carbons (Fsp3) is 0.824. The first-order valence-electron chi connectivity index (χ1n) is 8.76. The van der Waals surface area contributed by atoms with Crippen LogP contribution in [0.1, 0.15) is 44.9 Å². The molecule has 126 valence electrons. The molecule has 1 heterocycles. The second-order valence-electron chi connectivity index (χ2n) is 6.59. The van der Waals surface area contributed by atoms with Crippen LogP contribution in [0.25, 0.3) is 0 Å². The summed E-state index contributed by atoms with van der Waals surface area (Å²) in [6, 6.07) is 0.471. The molecule has 2 aliphatic rings. The number of piperazine rings is 1. The maximum atomic E-state index is 12.3. The smallest absolute Gasteiger partial charge is 0.317 e. The largest absolute Gasteiger partial charge is 0.392 e. The Kier molecular flexibility index (Phi) is 7.19. The number of carbonyl (C=O) groups excluding carboxylic acids is 1. The first-order valence-corrected chi connectivity index (χ1v) is 8.76. The van der Waals surface area contributed by atoms with Crippen molar-refractivity contribution in [3.63, 3.8) is 0 Å². The van der Waals surface area contributed by atoms with E-state index in [4.69, 9.17) is 0 Å². The summed E-state index contributed by atoms with van der Waals surface area (Å²) in [6.07, 6.45) is 9.21. The van der Waals surface area contributed by atoms with Crippen LogP contribution in [-0.4, -0.2) is 65.8 Å². The van der Waals surface area contributed by atoms with Gasteiger partial charge in [-0.05, 0) is 25.7 Å². The molecule has 1 saturated heterocycles. The summed E-state index contributed by atoms with van der Waals surface area (Å²) in [7, 11) is 0. The van der Waals surface area contributed by atoms with Gasteiger partial charge in [0.2, 0.25) is 0 Å². The van der Waals surface area contributed by atoms with Gasteiger partial charge in [0.1, 0.15) is 0 Å². The van der Waals surface area contributed by atoms with Gasteiger partial charge in [-0.2, -0.15) is 0 Å². The van der Waals surface area contributed by atoms with E-state index in [1.165, 1.54) is 19.3 Å². The van der Waals surface area contributed by atoms with Crippen molar-refractivity contribution in [3.8, 4) is 0 Å². The molecule has 2 amide bonds. The molecule has 1 aliphatic carbocycles. The summed E-state index contributed by atoms with van der Waals surface area (Å²) in [5.41, 5.74) is 0. The van der Waals surface area contributed by atoms with Crippen molar-refractivity contribution in [3.05, 3.63) is 12.7 Å². The third-order valence-corrected chi connectivity index (χ3v) is 4.77. The number of amides is 2. The van der Waals surface area contributed by atoms with E-state index >= 15 is 0 Å². The van der Waals surface area contributed by atoms with Crippen LogP contribution in [0.5, 0.6) is 0 Å². The van der Waals surface area contributed by atoms with E-state index in [2.05, 4.69) is 16.8 Å². The van der Waals surface area contributed by atoms with Gasteiger partial charge in [0.05, 0.1) is 6.10 Å². The molecule has 0 spiro atoms. The Morgan fingerprint density at radius 1 is 1.23 bits per heavy atom. The summed E-state index contributed by atoms with van der Waals surface area (Å²) in [4.78, 5) is 16.4. The molecule has 2 fully saturated rings. The first kappa shape index (κ1) is 17.3. The predicted octanol–water partition coefficient (Wildman–Crippen LogP) is 1.97. The van der Waals surface area contributed by atoms with Crippen molar-refractivity contribution in [2.75, 3.05) is 32.7 Å². The van der Waals surface area contributed by atoms with Gasteiger partial charge in [0, 0.05) is 38.8 Å². The molecule has 1 aliphatic heterocycles. The van der Waals surface area contributed by atoms with E-state index in [9.17, 15) is 9.90 Å². The predicted molar refractivity (Wildman–Crippen MR) is 88.9 cm³/mol. The number of hydrogen-bond donors (Lipinski definition) is 2. The highest BCUT2D eigenvalue weighted by Gasteiger charge is 2.24. The van der Waals surface area contributed by atoms with Gasteiger partial charge in [-0.15, -0.1) is 6.58 Å². The Morgan fingerprint density at radius 3 is 2.55 bits per heavy atom. The van der Waals surface area contributed by atoms with Crippen molar-refractivity contribution in [1.82, 2.24) is 15.1 Å². The Hall–Kier alpha value is -1.07. The number of nitrogens with zero attached hydrogens (tertiary/aromatic N) is 2. The lowest BCUT2D eigenvalue weighted by molar-refractivity contribution is 0.0764. The number of β-amino-alcohol motifs (C(OH)–C–C–N with tert-alkyl or cyclic N) is 1. The Bertz CT molecular complexity index is 348. The Balaban J connectivity index is 1.65. The molecule has 0 aromatic carbocycles. The quantitative estimate of drug-likeness (QED) is 0.738. The van der Waals surface area contributed by atoms with Crippen molar-refractivity contribution >= 4 is 6.03 Å². The van der Waals surface area contributed by atoms with Crippen LogP contribution >= 0.6 is 0 Å². The number of aliphatic hydroxyl groups excluding tert-OH is 1. The molecule has 22 heavy (non-hydrogen) atoms. The summed E-state index contributed by atoms with van der Waals surface area (Å²) in [5, 5.41) is 13.1. The SMILES string of the molecule is C=CCCC(O)CN1CCN(C(=O)NC2CCCCC2)CC1. The van der Waals surface area contributed by atoms with Gasteiger partial charge in [-0.1, -0.05) is 25.3 Å². The van der Waals surface area contributed by atoms with Crippen molar-refractivity contribution in [1.29, 1.82) is 0 Å². The maximum absolute atomic E-state index is 12.3. The lowest BCUT2D eigenvalue weighted by Gasteiger charge is -2.36. The van der Waals surface area contributed by atoms with Crippen LogP contribution in [0.15, 0.2) is 12.7 Å². The van der Waals surface area contributed by atoms with Gasteiger partial charge in [-0.3, -0.25) is 4.90 Å². The highest BCUT2D eigenvalue weighted by atomic mass is 16.3. The van der Waals surface area contributed by atoms with E-state index in [0.717, 1.165) is 51.9 Å². The zero-order valence-electron chi connectivity index (χ0n) is 13.7. The molecule has 1 saturated carbocycles. The molecule has 0 aromatic heterocycles. The van der Waals surface area contributed by atoms with Gasteiger partial charge < -0.3 is 15.3 Å². The van der Waals surface area contributed by atoms with Crippen molar-refractivity contribution in [2.24, 2.45) is 0 Å². The topological polar surface area (TPSA) is 55.8 Å². The minimum absolute atomic E-state index is 0.0961. The standard InChI is InChI=1S/C17H31N3O2/c1-2-3-9-16(21)14-19-10-12-20(13-11-19)17(22)18-15-7-5-4-6-8-15/h2,15-16,21H,1,3-14H2,(H,18,22). The average molecular weight is 309 g/mol. The molecule has 2 rings (SSSR count). The molecule has 0 radical (unpaired) electrons. The third kappa shape index (κ3) is 5.61. The third-order valence-electron chi connectivity index (χ3n) is 4.77. The number of nitrogens with one attached hydrogen (secondary N) is 1. The highest BCUT2D eigenvalue weighted by molar-refractivity contribution is 5.74. The van der Waals surface area contributed by atoms with Gasteiger partial charge >= 0.3 is 6.03 Å². The number of urea groups is 1. The van der Waals surface area contributed by atoms with Crippen LogP contribution in [-0.2, 0) is 0 Å². The Labute approximate surface area is 134 Å². The zero-order valence-corrected chi connectivity index (χ0v) is 13.7. The molecule has 5 nitrogen and oxygen atoms in total. The zero-order chi connectivity index (χ0) is 15.8. The molecular weight excluding hydrogens is 278 g/mol. The summed E-state index contributed by atoms with van der Waals surface area (Å²) in [6.45, 7) is 7.60. The Morgan fingerprint density at radius 2 is 1.91 bits per heavy atom. The van der Waals surface area contributed by atoms with Gasteiger partial charge in [-0.25, -0.2) is 4.79 Å². The molecule has 2 N–H and O–H groups in total. The number of allylic oxidation sites excluding steroid dienone is 1.